The van der Waals surface area contributed by atoms with Crippen LogP contribution in [-0.2, 0) is 9.53 Å². The molecule has 1 aliphatic heterocycles. The molecule has 6 nitrogen and oxygen atoms in total. The van der Waals surface area contributed by atoms with Gasteiger partial charge in [0.1, 0.15) is 6.04 Å². The first kappa shape index (κ1) is 16.6. The fraction of sp³-hybridized carbons (Fsp3) is 0.353. The predicted molar refractivity (Wildman–Crippen MR) is 94.1 cm³/mol. The second-order valence-electron chi connectivity index (χ2n) is 5.56. The molecule has 2 aromatic rings. The van der Waals surface area contributed by atoms with E-state index in [9.17, 15) is 4.79 Å². The summed E-state index contributed by atoms with van der Waals surface area (Å²) in [5.74, 6) is 0.301. The Morgan fingerprint density at radius 3 is 2.67 bits per heavy atom. The van der Waals surface area contributed by atoms with Crippen LogP contribution in [0.25, 0.3) is 0 Å². The number of thioether (sulfide) groups is 1. The number of ether oxygens (including phenoxy) is 1. The molecule has 126 valence electrons. The Bertz CT molecular complexity index is 795. The fourth-order valence-corrected chi connectivity index (χ4v) is 3.10. The van der Waals surface area contributed by atoms with Gasteiger partial charge in [-0.05, 0) is 32.6 Å². The van der Waals surface area contributed by atoms with E-state index < -0.39 is 0 Å². The van der Waals surface area contributed by atoms with Crippen molar-refractivity contribution in [2.24, 2.45) is 0 Å². The molecule has 0 radical (unpaired) electrons. The largest absolute Gasteiger partial charge is 0.463 e. The lowest BCUT2D eigenvalue weighted by Crippen LogP contribution is -2.29. The van der Waals surface area contributed by atoms with E-state index in [0.717, 1.165) is 16.8 Å². The summed E-state index contributed by atoms with van der Waals surface area (Å²) in [6.45, 7) is 6.03. The summed E-state index contributed by atoms with van der Waals surface area (Å²) in [4.78, 5) is 17.0. The minimum Gasteiger partial charge on any atom is -0.463 e. The number of benzene rings is 1. The number of allylic oxidation sites excluding steroid dienone is 1. The highest BCUT2D eigenvalue weighted by atomic mass is 32.2. The molecule has 1 N–H and O–H groups in total. The third-order valence-electron chi connectivity index (χ3n) is 3.90. The van der Waals surface area contributed by atoms with Crippen molar-refractivity contribution in [3.05, 3.63) is 46.7 Å². The third-order valence-corrected chi connectivity index (χ3v) is 4.44. The smallest absolute Gasteiger partial charge is 0.338 e. The van der Waals surface area contributed by atoms with Crippen LogP contribution < -0.4 is 5.32 Å². The predicted octanol–water partition coefficient (Wildman–Crippen LogP) is 3.16. The number of esters is 1. The monoisotopic (exact) mass is 344 g/mol. The van der Waals surface area contributed by atoms with E-state index in [-0.39, 0.29) is 12.0 Å². The van der Waals surface area contributed by atoms with Gasteiger partial charge in [-0.25, -0.2) is 9.48 Å². The highest BCUT2D eigenvalue weighted by Gasteiger charge is 2.34. The lowest BCUT2D eigenvalue weighted by atomic mass is 9.95. The van der Waals surface area contributed by atoms with Gasteiger partial charge in [0.2, 0.25) is 11.1 Å². The standard InChI is InChI=1S/C17H20N4O2S/c1-5-23-15(22)13-11(3)18-16-19-17(24-4)20-21(16)14(13)12-8-6-10(2)7-9-12/h6-9,14H,5H2,1-4H3,(H,18,19,20). The SMILES string of the molecule is CCOC(=O)C1=C(C)Nc2nc(SC)nn2C1c1ccc(C)cc1. The number of anilines is 1. The lowest BCUT2D eigenvalue weighted by molar-refractivity contribution is -0.139. The van der Waals surface area contributed by atoms with E-state index in [1.165, 1.54) is 11.8 Å². The zero-order chi connectivity index (χ0) is 17.3. The molecule has 0 amide bonds. The summed E-state index contributed by atoms with van der Waals surface area (Å²) in [6.07, 6.45) is 1.93. The summed E-state index contributed by atoms with van der Waals surface area (Å²) in [7, 11) is 0. The van der Waals surface area contributed by atoms with E-state index in [1.807, 2.05) is 44.4 Å². The first-order chi connectivity index (χ1) is 11.5. The van der Waals surface area contributed by atoms with Crippen molar-refractivity contribution in [1.29, 1.82) is 0 Å². The Balaban J connectivity index is 2.15. The van der Waals surface area contributed by atoms with E-state index in [2.05, 4.69) is 15.4 Å². The van der Waals surface area contributed by atoms with Crippen molar-refractivity contribution < 1.29 is 9.53 Å². The molecule has 1 aromatic heterocycles. The molecule has 0 fully saturated rings. The molecule has 0 spiro atoms. The van der Waals surface area contributed by atoms with Gasteiger partial charge in [0.05, 0.1) is 12.2 Å². The van der Waals surface area contributed by atoms with Gasteiger partial charge in [0, 0.05) is 5.70 Å². The molecule has 0 saturated heterocycles. The van der Waals surface area contributed by atoms with Crippen molar-refractivity contribution in [3.8, 4) is 0 Å². The minimum atomic E-state index is -0.353. The number of rotatable bonds is 4. The quantitative estimate of drug-likeness (QED) is 0.679. The first-order valence-corrected chi connectivity index (χ1v) is 8.99. The van der Waals surface area contributed by atoms with Crippen LogP contribution in [0.5, 0.6) is 0 Å². The summed E-state index contributed by atoms with van der Waals surface area (Å²) in [5.41, 5.74) is 3.44. The van der Waals surface area contributed by atoms with Crippen molar-refractivity contribution >= 4 is 23.7 Å². The summed E-state index contributed by atoms with van der Waals surface area (Å²) >= 11 is 1.47. The molecule has 1 aliphatic rings. The van der Waals surface area contributed by atoms with Gasteiger partial charge in [-0.2, -0.15) is 4.98 Å². The van der Waals surface area contributed by atoms with Crippen LogP contribution in [0, 0.1) is 6.92 Å². The van der Waals surface area contributed by atoms with Gasteiger partial charge in [0.15, 0.2) is 0 Å². The van der Waals surface area contributed by atoms with Crippen LogP contribution in [0.15, 0.2) is 40.7 Å². The van der Waals surface area contributed by atoms with Gasteiger partial charge in [-0.1, -0.05) is 41.6 Å². The zero-order valence-corrected chi connectivity index (χ0v) is 15.0. The lowest BCUT2D eigenvalue weighted by Gasteiger charge is -2.28. The van der Waals surface area contributed by atoms with Gasteiger partial charge < -0.3 is 10.1 Å². The maximum absolute atomic E-state index is 12.6. The van der Waals surface area contributed by atoms with Crippen LogP contribution in [0.4, 0.5) is 5.95 Å². The molecule has 2 heterocycles. The van der Waals surface area contributed by atoms with Gasteiger partial charge in [0.25, 0.3) is 0 Å². The molecule has 24 heavy (non-hydrogen) atoms. The van der Waals surface area contributed by atoms with E-state index >= 15 is 0 Å². The van der Waals surface area contributed by atoms with Crippen molar-refractivity contribution in [2.45, 2.75) is 32.0 Å². The number of carbonyl (C=O) groups is 1. The van der Waals surface area contributed by atoms with Crippen LogP contribution >= 0.6 is 11.8 Å². The molecule has 0 aliphatic carbocycles. The van der Waals surface area contributed by atoms with Gasteiger partial charge in [-0.15, -0.1) is 5.10 Å². The Hall–Kier alpha value is -2.28. The second kappa shape index (κ2) is 6.68. The first-order valence-electron chi connectivity index (χ1n) is 7.77. The van der Waals surface area contributed by atoms with Gasteiger partial charge in [-0.3, -0.25) is 0 Å². The normalized spacial score (nSPS) is 16.6. The summed E-state index contributed by atoms with van der Waals surface area (Å²) in [5, 5.41) is 8.37. The van der Waals surface area contributed by atoms with Gasteiger partial charge >= 0.3 is 5.97 Å². The highest BCUT2D eigenvalue weighted by Crippen LogP contribution is 2.36. The fourth-order valence-electron chi connectivity index (χ4n) is 2.75. The van der Waals surface area contributed by atoms with E-state index in [0.29, 0.717) is 23.3 Å². The molecule has 1 aromatic carbocycles. The average molecular weight is 344 g/mol. The molecule has 0 saturated carbocycles. The van der Waals surface area contributed by atoms with Crippen LogP contribution in [0.3, 0.4) is 0 Å². The number of nitrogens with zero attached hydrogens (tertiary/aromatic N) is 3. The number of hydrogen-bond acceptors (Lipinski definition) is 6. The molecular weight excluding hydrogens is 324 g/mol. The van der Waals surface area contributed by atoms with Crippen LogP contribution in [0.1, 0.15) is 31.0 Å². The molecule has 0 bridgehead atoms. The third kappa shape index (κ3) is 2.91. The number of hydrogen-bond donors (Lipinski definition) is 1. The number of fused-ring (bicyclic) bond motifs is 1. The number of aromatic nitrogens is 3. The topological polar surface area (TPSA) is 69.0 Å². The van der Waals surface area contributed by atoms with Crippen molar-refractivity contribution in [2.75, 3.05) is 18.2 Å². The Morgan fingerprint density at radius 1 is 1.33 bits per heavy atom. The Morgan fingerprint density at radius 2 is 2.04 bits per heavy atom. The van der Waals surface area contributed by atoms with Crippen LogP contribution in [0.2, 0.25) is 0 Å². The van der Waals surface area contributed by atoms with E-state index in [4.69, 9.17) is 4.74 Å². The maximum Gasteiger partial charge on any atom is 0.338 e. The van der Waals surface area contributed by atoms with Crippen molar-refractivity contribution in [3.63, 3.8) is 0 Å². The maximum atomic E-state index is 12.6. The highest BCUT2D eigenvalue weighted by molar-refractivity contribution is 7.98. The average Bonchev–Trinajstić information content (AvgIpc) is 2.97. The molecule has 1 atom stereocenters. The number of aryl methyl sites for hydroxylation is 1. The Kier molecular flexibility index (Phi) is 4.62. The molecule has 1 unspecified atom stereocenters. The van der Waals surface area contributed by atoms with E-state index in [1.54, 1.807) is 11.6 Å². The molecule has 7 heteroatoms. The van der Waals surface area contributed by atoms with Crippen molar-refractivity contribution in [1.82, 2.24) is 14.8 Å². The zero-order valence-electron chi connectivity index (χ0n) is 14.2. The molecular formula is C17H20N4O2S. The molecule has 3 rings (SSSR count). The summed E-state index contributed by atoms with van der Waals surface area (Å²) in [6, 6.07) is 7.74. The van der Waals surface area contributed by atoms with Crippen LogP contribution in [-0.4, -0.2) is 33.6 Å². The Labute approximate surface area is 145 Å². The minimum absolute atomic E-state index is 0.330. The number of nitrogens with one attached hydrogen (secondary N) is 1. The number of carbonyl (C=O) groups excluding carboxylic acids is 1. The second-order valence-corrected chi connectivity index (χ2v) is 6.34. The summed E-state index contributed by atoms with van der Waals surface area (Å²) < 4.78 is 7.03.